The third-order valence-electron chi connectivity index (χ3n) is 6.79. The van der Waals surface area contributed by atoms with Crippen LogP contribution in [0.4, 0.5) is 14.6 Å². The Morgan fingerprint density at radius 3 is 2.70 bits per heavy atom. The van der Waals surface area contributed by atoms with Crippen LogP contribution in [0.15, 0.2) is 48.5 Å². The van der Waals surface area contributed by atoms with Gasteiger partial charge in [-0.3, -0.25) is 9.59 Å². The molecule has 2 aromatic carbocycles. The van der Waals surface area contributed by atoms with E-state index in [2.05, 4.69) is 17.6 Å². The standard InChI is InChI=1S/C30H36F2N4O3S/c1-4-20-10-13-23(14-11-20)36-28(34-26(37)19-40-3)27-25(35-36)18-22(33-29(27)38)12-9-21-7-5-8-24(17-21)39-16-6-15-30(2,31)32/h5,7-8,10-11,13-14,17,22H,4,6,9,12,15-16,18-19H2,1-3H3,(H,33,38)(H,34,37)/t22-/m0/s1. The minimum Gasteiger partial charge on any atom is -0.494 e. The Labute approximate surface area is 238 Å². The highest BCUT2D eigenvalue weighted by atomic mass is 32.2. The molecular formula is C30H36F2N4O3S. The van der Waals surface area contributed by atoms with E-state index in [1.54, 1.807) is 4.68 Å². The fraction of sp³-hybridized carbons (Fsp3) is 0.433. The molecule has 0 fully saturated rings. The van der Waals surface area contributed by atoms with Crippen molar-refractivity contribution in [3.8, 4) is 11.4 Å². The first kappa shape index (κ1) is 29.6. The Hall–Kier alpha value is -3.40. The number of fused-ring (bicyclic) bond motifs is 1. The van der Waals surface area contributed by atoms with Gasteiger partial charge in [-0.2, -0.15) is 16.9 Å². The molecule has 4 rings (SSSR count). The number of hydrogen-bond acceptors (Lipinski definition) is 5. The maximum atomic E-state index is 13.3. The summed E-state index contributed by atoms with van der Waals surface area (Å²) >= 11 is 1.41. The van der Waals surface area contributed by atoms with Gasteiger partial charge in [0.2, 0.25) is 11.8 Å². The summed E-state index contributed by atoms with van der Waals surface area (Å²) in [5.41, 5.74) is 4.04. The maximum Gasteiger partial charge on any atom is 0.257 e. The number of benzene rings is 2. The van der Waals surface area contributed by atoms with Crippen LogP contribution in [-0.2, 0) is 24.1 Å². The number of carbonyl (C=O) groups excluding carboxylic acids is 2. The summed E-state index contributed by atoms with van der Waals surface area (Å²) in [6.07, 6.45) is 4.74. The highest BCUT2D eigenvalue weighted by Crippen LogP contribution is 2.29. The second kappa shape index (κ2) is 13.3. The molecule has 0 saturated carbocycles. The average Bonchev–Trinajstić information content (AvgIpc) is 3.28. The Morgan fingerprint density at radius 2 is 2.00 bits per heavy atom. The topological polar surface area (TPSA) is 85.2 Å². The van der Waals surface area contributed by atoms with Crippen molar-refractivity contribution in [2.45, 2.75) is 64.3 Å². The molecular weight excluding hydrogens is 534 g/mol. The molecule has 214 valence electrons. The second-order valence-electron chi connectivity index (χ2n) is 10.2. The Balaban J connectivity index is 1.46. The maximum absolute atomic E-state index is 13.3. The number of halogens is 2. The lowest BCUT2D eigenvalue weighted by atomic mass is 9.96. The largest absolute Gasteiger partial charge is 0.494 e. The molecule has 3 aromatic rings. The van der Waals surface area contributed by atoms with Gasteiger partial charge >= 0.3 is 0 Å². The molecule has 1 aliphatic heterocycles. The number of hydrogen-bond donors (Lipinski definition) is 2. The Kier molecular flexibility index (Phi) is 9.84. The minimum absolute atomic E-state index is 0.128. The van der Waals surface area contributed by atoms with E-state index >= 15 is 0 Å². The first-order valence-corrected chi connectivity index (χ1v) is 15.0. The van der Waals surface area contributed by atoms with E-state index in [9.17, 15) is 18.4 Å². The van der Waals surface area contributed by atoms with Gasteiger partial charge in [-0.1, -0.05) is 31.2 Å². The highest BCUT2D eigenvalue weighted by Gasteiger charge is 2.32. The lowest BCUT2D eigenvalue weighted by molar-refractivity contribution is -0.113. The Morgan fingerprint density at radius 1 is 1.23 bits per heavy atom. The van der Waals surface area contributed by atoms with Crippen molar-refractivity contribution in [3.63, 3.8) is 0 Å². The summed E-state index contributed by atoms with van der Waals surface area (Å²) in [6.45, 7) is 3.23. The van der Waals surface area contributed by atoms with Gasteiger partial charge in [0.1, 0.15) is 17.1 Å². The van der Waals surface area contributed by atoms with E-state index in [1.165, 1.54) is 17.3 Å². The smallest absolute Gasteiger partial charge is 0.257 e. The molecule has 1 atom stereocenters. The summed E-state index contributed by atoms with van der Waals surface area (Å²) in [7, 11) is 0. The molecule has 0 aliphatic carbocycles. The van der Waals surface area contributed by atoms with Crippen molar-refractivity contribution in [1.29, 1.82) is 0 Å². The molecule has 0 saturated heterocycles. The Bertz CT molecular complexity index is 1320. The van der Waals surface area contributed by atoms with E-state index in [0.717, 1.165) is 24.6 Å². The highest BCUT2D eigenvalue weighted by molar-refractivity contribution is 7.99. The van der Waals surface area contributed by atoms with Crippen molar-refractivity contribution in [2.75, 3.05) is 23.9 Å². The van der Waals surface area contributed by atoms with Crippen molar-refractivity contribution in [3.05, 3.63) is 70.9 Å². The molecule has 10 heteroatoms. The van der Waals surface area contributed by atoms with Crippen LogP contribution in [0, 0.1) is 0 Å². The van der Waals surface area contributed by atoms with Crippen molar-refractivity contribution in [2.24, 2.45) is 0 Å². The second-order valence-corrected chi connectivity index (χ2v) is 11.0. The number of alkyl halides is 2. The average molecular weight is 571 g/mol. The first-order valence-electron chi connectivity index (χ1n) is 13.6. The van der Waals surface area contributed by atoms with Crippen LogP contribution in [0.1, 0.15) is 60.3 Å². The molecule has 0 unspecified atom stereocenters. The predicted octanol–water partition coefficient (Wildman–Crippen LogP) is 5.84. The van der Waals surface area contributed by atoms with E-state index in [-0.39, 0.29) is 43.1 Å². The number of amides is 2. The van der Waals surface area contributed by atoms with E-state index in [4.69, 9.17) is 9.84 Å². The van der Waals surface area contributed by atoms with Crippen molar-refractivity contribution < 1.29 is 23.1 Å². The fourth-order valence-corrected chi connectivity index (χ4v) is 5.07. The number of aromatic nitrogens is 2. The molecule has 0 radical (unpaired) electrons. The summed E-state index contributed by atoms with van der Waals surface area (Å²) in [6, 6.07) is 15.4. The van der Waals surface area contributed by atoms with Gasteiger partial charge in [0.05, 0.1) is 23.7 Å². The van der Waals surface area contributed by atoms with Gasteiger partial charge in [-0.15, -0.1) is 0 Å². The number of aryl methyl sites for hydroxylation is 2. The number of rotatable bonds is 13. The minimum atomic E-state index is -2.69. The molecule has 7 nitrogen and oxygen atoms in total. The number of carbonyl (C=O) groups is 2. The van der Waals surface area contributed by atoms with Gasteiger partial charge < -0.3 is 15.4 Å². The lowest BCUT2D eigenvalue weighted by Gasteiger charge is -2.23. The zero-order chi connectivity index (χ0) is 28.7. The molecule has 2 N–H and O–H groups in total. The quantitative estimate of drug-likeness (QED) is 0.252. The third-order valence-corrected chi connectivity index (χ3v) is 7.34. The van der Waals surface area contributed by atoms with Gasteiger partial charge in [0, 0.05) is 18.9 Å². The summed E-state index contributed by atoms with van der Waals surface area (Å²) < 4.78 is 33.4. The summed E-state index contributed by atoms with van der Waals surface area (Å²) in [4.78, 5) is 25.8. The first-order chi connectivity index (χ1) is 19.2. The van der Waals surface area contributed by atoms with Crippen LogP contribution >= 0.6 is 11.8 Å². The van der Waals surface area contributed by atoms with E-state index in [1.807, 2.05) is 54.8 Å². The number of anilines is 1. The van der Waals surface area contributed by atoms with Gasteiger partial charge in [0.15, 0.2) is 0 Å². The van der Waals surface area contributed by atoms with Crippen LogP contribution in [0.25, 0.3) is 5.69 Å². The van der Waals surface area contributed by atoms with Crippen molar-refractivity contribution >= 4 is 29.4 Å². The SMILES string of the molecule is CCc1ccc(-n2nc3c(c2NC(=O)CSC)C(=O)N[C@@H](CCc2cccc(OCCCC(C)(F)F)c2)C3)cc1. The van der Waals surface area contributed by atoms with Gasteiger partial charge in [-0.25, -0.2) is 13.5 Å². The molecule has 40 heavy (non-hydrogen) atoms. The van der Waals surface area contributed by atoms with Crippen molar-refractivity contribution in [1.82, 2.24) is 15.1 Å². The molecule has 2 amide bonds. The number of thioether (sulfide) groups is 1. The number of nitrogens with one attached hydrogen (secondary N) is 2. The van der Waals surface area contributed by atoms with E-state index in [0.29, 0.717) is 42.1 Å². The summed E-state index contributed by atoms with van der Waals surface area (Å²) in [5, 5.41) is 10.8. The summed E-state index contributed by atoms with van der Waals surface area (Å²) in [5.74, 6) is -1.84. The van der Waals surface area contributed by atoms with Crippen LogP contribution in [-0.4, -0.2) is 52.2 Å². The van der Waals surface area contributed by atoms with Crippen LogP contribution in [0.5, 0.6) is 5.75 Å². The molecule has 1 aliphatic rings. The predicted molar refractivity (Wildman–Crippen MR) is 155 cm³/mol. The van der Waals surface area contributed by atoms with Gasteiger partial charge in [-0.05, 0) is 74.3 Å². The molecule has 2 heterocycles. The monoisotopic (exact) mass is 570 g/mol. The molecule has 0 spiro atoms. The van der Waals surface area contributed by atoms with Crippen LogP contribution < -0.4 is 15.4 Å². The third kappa shape index (κ3) is 7.84. The van der Waals surface area contributed by atoms with Gasteiger partial charge in [0.25, 0.3) is 5.91 Å². The normalized spacial score (nSPS) is 14.9. The molecule has 1 aromatic heterocycles. The lowest BCUT2D eigenvalue weighted by Crippen LogP contribution is -2.41. The fourth-order valence-electron chi connectivity index (χ4n) is 4.74. The van der Waals surface area contributed by atoms with Crippen LogP contribution in [0.3, 0.4) is 0 Å². The zero-order valence-corrected chi connectivity index (χ0v) is 24.0. The number of ether oxygens (including phenoxy) is 1. The molecule has 0 bridgehead atoms. The number of nitrogens with zero attached hydrogens (tertiary/aromatic N) is 2. The zero-order valence-electron chi connectivity index (χ0n) is 23.1. The van der Waals surface area contributed by atoms with E-state index < -0.39 is 5.92 Å². The van der Waals surface area contributed by atoms with Crippen LogP contribution in [0.2, 0.25) is 0 Å².